The van der Waals surface area contributed by atoms with Crippen molar-refractivity contribution in [2.45, 2.75) is 46.1 Å². The molecule has 1 aromatic heterocycles. The second kappa shape index (κ2) is 6.80. The van der Waals surface area contributed by atoms with Gasteiger partial charge < -0.3 is 5.32 Å². The zero-order valence-electron chi connectivity index (χ0n) is 12.5. The van der Waals surface area contributed by atoms with Gasteiger partial charge in [-0.3, -0.25) is 4.98 Å². The van der Waals surface area contributed by atoms with Crippen molar-refractivity contribution < 1.29 is 4.39 Å². The lowest BCUT2D eigenvalue weighted by molar-refractivity contribution is 0.628. The summed E-state index contributed by atoms with van der Waals surface area (Å²) in [5.74, 6) is 0.172. The number of halogens is 1. The molecule has 20 heavy (non-hydrogen) atoms. The molecule has 1 aromatic carbocycles. The van der Waals surface area contributed by atoms with E-state index in [0.717, 1.165) is 41.7 Å². The van der Waals surface area contributed by atoms with E-state index in [-0.39, 0.29) is 5.82 Å². The van der Waals surface area contributed by atoms with E-state index in [2.05, 4.69) is 37.1 Å². The van der Waals surface area contributed by atoms with Gasteiger partial charge in [0.05, 0.1) is 5.52 Å². The van der Waals surface area contributed by atoms with Gasteiger partial charge in [0.25, 0.3) is 0 Å². The first-order valence-corrected chi connectivity index (χ1v) is 7.41. The zero-order chi connectivity index (χ0) is 14.5. The number of aromatic nitrogens is 1. The van der Waals surface area contributed by atoms with Gasteiger partial charge in [0.1, 0.15) is 5.82 Å². The molecule has 0 fully saturated rings. The molecule has 108 valence electrons. The number of rotatable bonds is 6. The van der Waals surface area contributed by atoms with Crippen LogP contribution in [0.15, 0.2) is 24.3 Å². The molecule has 0 atom stereocenters. The van der Waals surface area contributed by atoms with Crippen molar-refractivity contribution >= 4 is 10.9 Å². The molecule has 0 saturated heterocycles. The number of hydrogen-bond acceptors (Lipinski definition) is 2. The Morgan fingerprint density at radius 1 is 1.25 bits per heavy atom. The van der Waals surface area contributed by atoms with Crippen LogP contribution in [0.3, 0.4) is 0 Å². The lowest BCUT2D eigenvalue weighted by atomic mass is 10.0. The fourth-order valence-corrected chi connectivity index (χ4v) is 2.26. The second-order valence-electron chi connectivity index (χ2n) is 5.55. The van der Waals surface area contributed by atoms with Gasteiger partial charge in [-0.25, -0.2) is 4.39 Å². The minimum absolute atomic E-state index is 0.202. The number of hydrogen-bond donors (Lipinski definition) is 1. The SMILES string of the molecule is CCCCNCc1cc(C(C)C)nc2ccc(F)cc12. The number of unbranched alkanes of at least 4 members (excludes halogenated alkanes) is 1. The van der Waals surface area contributed by atoms with Gasteiger partial charge in [-0.15, -0.1) is 0 Å². The molecule has 0 radical (unpaired) electrons. The lowest BCUT2D eigenvalue weighted by Gasteiger charge is -2.12. The molecule has 0 unspecified atom stereocenters. The normalized spacial score (nSPS) is 11.4. The first-order valence-electron chi connectivity index (χ1n) is 7.41. The third-order valence-electron chi connectivity index (χ3n) is 3.49. The highest BCUT2D eigenvalue weighted by Gasteiger charge is 2.09. The first kappa shape index (κ1) is 14.9. The lowest BCUT2D eigenvalue weighted by Crippen LogP contribution is -2.15. The number of fused-ring (bicyclic) bond motifs is 1. The Morgan fingerprint density at radius 3 is 2.75 bits per heavy atom. The van der Waals surface area contributed by atoms with Crippen LogP contribution in [0.5, 0.6) is 0 Å². The highest BCUT2D eigenvalue weighted by Crippen LogP contribution is 2.23. The van der Waals surface area contributed by atoms with Gasteiger partial charge in [-0.05, 0) is 48.7 Å². The predicted molar refractivity (Wildman–Crippen MR) is 82.4 cm³/mol. The molecule has 0 aliphatic carbocycles. The van der Waals surface area contributed by atoms with E-state index >= 15 is 0 Å². The summed E-state index contributed by atoms with van der Waals surface area (Å²) in [5.41, 5.74) is 3.08. The van der Waals surface area contributed by atoms with Crippen LogP contribution < -0.4 is 5.32 Å². The first-order chi connectivity index (χ1) is 9.61. The van der Waals surface area contributed by atoms with E-state index < -0.39 is 0 Å². The summed E-state index contributed by atoms with van der Waals surface area (Å²) >= 11 is 0. The molecule has 0 aliphatic rings. The summed E-state index contributed by atoms with van der Waals surface area (Å²) in [4.78, 5) is 4.63. The van der Waals surface area contributed by atoms with Gasteiger partial charge in [-0.1, -0.05) is 27.2 Å². The van der Waals surface area contributed by atoms with Crippen LogP contribution in [0.1, 0.15) is 50.8 Å². The molecule has 0 saturated carbocycles. The average molecular weight is 274 g/mol. The van der Waals surface area contributed by atoms with Crippen LogP contribution in [0, 0.1) is 5.82 Å². The minimum atomic E-state index is -0.202. The third-order valence-corrected chi connectivity index (χ3v) is 3.49. The van der Waals surface area contributed by atoms with Crippen molar-refractivity contribution in [2.24, 2.45) is 0 Å². The quantitative estimate of drug-likeness (QED) is 0.790. The van der Waals surface area contributed by atoms with Crippen LogP contribution in [0.25, 0.3) is 10.9 Å². The Labute approximate surface area is 120 Å². The van der Waals surface area contributed by atoms with Crippen molar-refractivity contribution in [3.05, 3.63) is 41.3 Å². The summed E-state index contributed by atoms with van der Waals surface area (Å²) in [5, 5.41) is 4.35. The third kappa shape index (κ3) is 3.54. The summed E-state index contributed by atoms with van der Waals surface area (Å²) < 4.78 is 13.5. The van der Waals surface area contributed by atoms with E-state index in [4.69, 9.17) is 0 Å². The van der Waals surface area contributed by atoms with Crippen molar-refractivity contribution in [3.8, 4) is 0 Å². The van der Waals surface area contributed by atoms with Crippen molar-refractivity contribution in [1.82, 2.24) is 10.3 Å². The minimum Gasteiger partial charge on any atom is -0.313 e. The van der Waals surface area contributed by atoms with E-state index in [0.29, 0.717) is 5.92 Å². The Balaban J connectivity index is 2.35. The molecule has 0 aliphatic heterocycles. The maximum Gasteiger partial charge on any atom is 0.123 e. The average Bonchev–Trinajstić information content (AvgIpc) is 2.43. The van der Waals surface area contributed by atoms with Gasteiger partial charge in [0.15, 0.2) is 0 Å². The van der Waals surface area contributed by atoms with Crippen LogP contribution in [-0.2, 0) is 6.54 Å². The van der Waals surface area contributed by atoms with E-state index in [1.807, 2.05) is 0 Å². The summed E-state index contributed by atoms with van der Waals surface area (Å²) in [6.07, 6.45) is 2.34. The largest absolute Gasteiger partial charge is 0.313 e. The molecule has 0 spiro atoms. The molecular weight excluding hydrogens is 251 g/mol. The number of nitrogens with one attached hydrogen (secondary N) is 1. The van der Waals surface area contributed by atoms with Crippen LogP contribution in [-0.4, -0.2) is 11.5 Å². The smallest absolute Gasteiger partial charge is 0.123 e. The van der Waals surface area contributed by atoms with E-state index in [1.54, 1.807) is 12.1 Å². The van der Waals surface area contributed by atoms with Gasteiger partial charge >= 0.3 is 0 Å². The Kier molecular flexibility index (Phi) is 5.07. The molecule has 0 amide bonds. The molecular formula is C17H23FN2. The molecule has 0 bridgehead atoms. The maximum absolute atomic E-state index is 13.5. The van der Waals surface area contributed by atoms with Gasteiger partial charge in [-0.2, -0.15) is 0 Å². The number of pyridine rings is 1. The molecule has 2 aromatic rings. The highest BCUT2D eigenvalue weighted by molar-refractivity contribution is 5.82. The summed E-state index contributed by atoms with van der Waals surface area (Å²) in [7, 11) is 0. The Morgan fingerprint density at radius 2 is 2.05 bits per heavy atom. The fourth-order valence-electron chi connectivity index (χ4n) is 2.26. The maximum atomic E-state index is 13.5. The van der Waals surface area contributed by atoms with E-state index in [1.165, 1.54) is 12.5 Å². The summed E-state index contributed by atoms with van der Waals surface area (Å²) in [6.45, 7) is 8.20. The number of nitrogens with zero attached hydrogens (tertiary/aromatic N) is 1. The molecule has 1 N–H and O–H groups in total. The highest BCUT2D eigenvalue weighted by atomic mass is 19.1. The standard InChI is InChI=1S/C17H23FN2/c1-4-5-8-19-11-13-9-17(12(2)3)20-16-7-6-14(18)10-15(13)16/h6-7,9-10,12,19H,4-5,8,11H2,1-3H3. The van der Waals surface area contributed by atoms with Gasteiger partial charge in [0, 0.05) is 17.6 Å². The van der Waals surface area contributed by atoms with Gasteiger partial charge in [0.2, 0.25) is 0 Å². The van der Waals surface area contributed by atoms with Crippen LogP contribution >= 0.6 is 0 Å². The van der Waals surface area contributed by atoms with E-state index in [9.17, 15) is 4.39 Å². The molecule has 2 rings (SSSR count). The predicted octanol–water partition coefficient (Wildman–Crippen LogP) is 4.39. The number of benzene rings is 1. The zero-order valence-corrected chi connectivity index (χ0v) is 12.5. The van der Waals surface area contributed by atoms with Crippen molar-refractivity contribution in [3.63, 3.8) is 0 Å². The fraction of sp³-hybridized carbons (Fsp3) is 0.471. The summed E-state index contributed by atoms with van der Waals surface area (Å²) in [6, 6.07) is 6.94. The monoisotopic (exact) mass is 274 g/mol. The molecule has 1 heterocycles. The van der Waals surface area contributed by atoms with Crippen LogP contribution in [0.4, 0.5) is 4.39 Å². The van der Waals surface area contributed by atoms with Crippen molar-refractivity contribution in [1.29, 1.82) is 0 Å². The Hall–Kier alpha value is -1.48. The molecule has 2 nitrogen and oxygen atoms in total. The van der Waals surface area contributed by atoms with Crippen molar-refractivity contribution in [2.75, 3.05) is 6.54 Å². The topological polar surface area (TPSA) is 24.9 Å². The van der Waals surface area contributed by atoms with Crippen LogP contribution in [0.2, 0.25) is 0 Å². The Bertz CT molecular complexity index is 578. The molecule has 3 heteroatoms. The second-order valence-corrected chi connectivity index (χ2v) is 5.55.